The molecule has 1 aromatic carbocycles. The van der Waals surface area contributed by atoms with E-state index in [-0.39, 0.29) is 5.69 Å². The van der Waals surface area contributed by atoms with Crippen LogP contribution >= 0.6 is 0 Å². The number of alkyl halides is 3. The zero-order chi connectivity index (χ0) is 17.2. The Balaban J connectivity index is 2.03. The fraction of sp³-hybridized carbons (Fsp3) is 0.412. The lowest BCUT2D eigenvalue weighted by molar-refractivity contribution is -0.137. The van der Waals surface area contributed by atoms with Crippen LogP contribution < -0.4 is 10.5 Å². The molecule has 0 aliphatic carbocycles. The van der Waals surface area contributed by atoms with Crippen LogP contribution in [0, 0.1) is 0 Å². The van der Waals surface area contributed by atoms with Crippen molar-refractivity contribution in [1.82, 2.24) is 10.2 Å². The van der Waals surface area contributed by atoms with Crippen molar-refractivity contribution in [2.45, 2.75) is 31.9 Å². The van der Waals surface area contributed by atoms with Gasteiger partial charge in [-0.3, -0.25) is 4.79 Å². The summed E-state index contributed by atoms with van der Waals surface area (Å²) in [6.45, 7) is 1.28. The van der Waals surface area contributed by atoms with Gasteiger partial charge in [0, 0.05) is 30.4 Å². The molecule has 1 aliphatic heterocycles. The Morgan fingerprint density at radius 2 is 1.71 bits per heavy atom. The molecule has 1 N–H and O–H groups in total. The molecule has 2 aromatic rings. The summed E-state index contributed by atoms with van der Waals surface area (Å²) in [6, 6.07) is 6.91. The van der Waals surface area contributed by atoms with Crippen molar-refractivity contribution in [3.05, 3.63) is 46.2 Å². The summed E-state index contributed by atoms with van der Waals surface area (Å²) >= 11 is 0. The minimum absolute atomic E-state index is 0.220. The number of aromatic nitrogens is 2. The lowest BCUT2D eigenvalue weighted by atomic mass is 10.0. The van der Waals surface area contributed by atoms with Gasteiger partial charge < -0.3 is 4.90 Å². The normalized spacial score (nSPS) is 16.0. The number of rotatable bonds is 2. The van der Waals surface area contributed by atoms with Gasteiger partial charge in [0.15, 0.2) is 0 Å². The van der Waals surface area contributed by atoms with Crippen molar-refractivity contribution in [3.8, 4) is 11.3 Å². The molecule has 0 bridgehead atoms. The van der Waals surface area contributed by atoms with E-state index < -0.39 is 17.3 Å². The average molecular weight is 337 g/mol. The van der Waals surface area contributed by atoms with E-state index in [0.717, 1.165) is 31.7 Å². The van der Waals surface area contributed by atoms with Crippen molar-refractivity contribution in [2.24, 2.45) is 0 Å². The molecule has 1 aliphatic rings. The fourth-order valence-electron chi connectivity index (χ4n) is 3.02. The third-order valence-corrected chi connectivity index (χ3v) is 4.22. The summed E-state index contributed by atoms with van der Waals surface area (Å²) in [4.78, 5) is 12.9. The number of anilines is 1. The fourth-order valence-corrected chi connectivity index (χ4v) is 3.02. The minimum atomic E-state index is -4.44. The van der Waals surface area contributed by atoms with Crippen molar-refractivity contribution in [2.75, 3.05) is 18.0 Å². The van der Waals surface area contributed by atoms with Gasteiger partial charge in [-0.25, -0.2) is 5.10 Å². The van der Waals surface area contributed by atoms with Gasteiger partial charge in [0.1, 0.15) is 0 Å². The van der Waals surface area contributed by atoms with E-state index in [1.54, 1.807) is 6.07 Å². The van der Waals surface area contributed by atoms with Gasteiger partial charge in [-0.15, -0.1) is 0 Å². The Labute approximate surface area is 137 Å². The average Bonchev–Trinajstić information content (AvgIpc) is 2.83. The molecule has 1 fully saturated rings. The molecule has 1 saturated heterocycles. The SMILES string of the molecule is O=c1ccc(-c2ccc(N3CCCCCC3)c(C(F)(F)F)c2)n[nH]1. The van der Waals surface area contributed by atoms with Gasteiger partial charge in [0.2, 0.25) is 0 Å². The standard InChI is InChI=1S/C17H18F3N3O/c18-17(19,20)13-11-12(14-6-8-16(24)22-21-14)5-7-15(13)23-9-3-1-2-4-10-23/h5-8,11H,1-4,9-10H2,(H,22,24). The van der Waals surface area contributed by atoms with E-state index >= 15 is 0 Å². The number of halogens is 3. The number of benzene rings is 1. The Morgan fingerprint density at radius 1 is 1.00 bits per heavy atom. The first-order chi connectivity index (χ1) is 11.4. The first kappa shape index (κ1) is 16.5. The van der Waals surface area contributed by atoms with Gasteiger partial charge in [0.05, 0.1) is 11.3 Å². The predicted molar refractivity (Wildman–Crippen MR) is 86.0 cm³/mol. The van der Waals surface area contributed by atoms with E-state index in [1.165, 1.54) is 18.2 Å². The summed E-state index contributed by atoms with van der Waals surface area (Å²) in [5.41, 5.74) is -0.192. The highest BCUT2D eigenvalue weighted by Gasteiger charge is 2.35. The van der Waals surface area contributed by atoms with E-state index in [1.807, 2.05) is 4.90 Å². The molecule has 7 heteroatoms. The summed E-state index contributed by atoms with van der Waals surface area (Å²) in [5.74, 6) is 0. The van der Waals surface area contributed by atoms with Gasteiger partial charge >= 0.3 is 6.18 Å². The zero-order valence-corrected chi connectivity index (χ0v) is 13.1. The number of H-pyrrole nitrogens is 1. The van der Waals surface area contributed by atoms with Crippen LogP contribution in [0.15, 0.2) is 35.1 Å². The molecule has 0 atom stereocenters. The Hall–Kier alpha value is -2.31. The molecule has 2 heterocycles. The maximum Gasteiger partial charge on any atom is 0.418 e. The first-order valence-electron chi connectivity index (χ1n) is 7.97. The van der Waals surface area contributed by atoms with Crippen molar-refractivity contribution in [3.63, 3.8) is 0 Å². The molecule has 0 unspecified atom stereocenters. The van der Waals surface area contributed by atoms with Crippen molar-refractivity contribution < 1.29 is 13.2 Å². The number of aromatic amines is 1. The van der Waals surface area contributed by atoms with Crippen LogP contribution in [0.2, 0.25) is 0 Å². The molecule has 128 valence electrons. The second-order valence-electron chi connectivity index (χ2n) is 5.94. The highest BCUT2D eigenvalue weighted by molar-refractivity contribution is 5.67. The molecule has 24 heavy (non-hydrogen) atoms. The van der Waals surface area contributed by atoms with Crippen LogP contribution in [0.3, 0.4) is 0 Å². The summed E-state index contributed by atoms with van der Waals surface area (Å²) < 4.78 is 40.7. The highest BCUT2D eigenvalue weighted by Crippen LogP contribution is 2.39. The molecular weight excluding hydrogens is 319 g/mol. The predicted octanol–water partition coefficient (Wildman–Crippen LogP) is 3.84. The molecule has 4 nitrogen and oxygen atoms in total. The topological polar surface area (TPSA) is 49.0 Å². The molecule has 0 spiro atoms. The third kappa shape index (κ3) is 3.60. The summed E-state index contributed by atoms with van der Waals surface area (Å²) in [7, 11) is 0. The van der Waals surface area contributed by atoms with Crippen LogP contribution in [-0.4, -0.2) is 23.3 Å². The van der Waals surface area contributed by atoms with Crippen LogP contribution in [0.4, 0.5) is 18.9 Å². The molecule has 3 rings (SSSR count). The summed E-state index contributed by atoms with van der Waals surface area (Å²) in [5, 5.41) is 6.06. The lowest BCUT2D eigenvalue weighted by Gasteiger charge is -2.26. The molecule has 0 saturated carbocycles. The zero-order valence-electron chi connectivity index (χ0n) is 13.1. The largest absolute Gasteiger partial charge is 0.418 e. The monoisotopic (exact) mass is 337 g/mol. The second kappa shape index (κ2) is 6.67. The van der Waals surface area contributed by atoms with Crippen LogP contribution in [-0.2, 0) is 6.18 Å². The Bertz CT molecular complexity index is 742. The maximum absolute atomic E-state index is 13.6. The third-order valence-electron chi connectivity index (χ3n) is 4.22. The summed E-state index contributed by atoms with van der Waals surface area (Å²) in [6.07, 6.45) is -0.532. The minimum Gasteiger partial charge on any atom is -0.371 e. The molecular formula is C17H18F3N3O. The smallest absolute Gasteiger partial charge is 0.371 e. The van der Waals surface area contributed by atoms with E-state index in [9.17, 15) is 18.0 Å². The van der Waals surface area contributed by atoms with E-state index in [0.29, 0.717) is 24.3 Å². The number of hydrogen-bond acceptors (Lipinski definition) is 3. The number of nitrogens with zero attached hydrogens (tertiary/aromatic N) is 2. The van der Waals surface area contributed by atoms with Crippen LogP contribution in [0.25, 0.3) is 11.3 Å². The molecule has 0 amide bonds. The maximum atomic E-state index is 13.6. The van der Waals surface area contributed by atoms with Crippen molar-refractivity contribution >= 4 is 5.69 Å². The Kier molecular flexibility index (Phi) is 4.59. The van der Waals surface area contributed by atoms with E-state index in [4.69, 9.17) is 0 Å². The second-order valence-corrected chi connectivity index (χ2v) is 5.94. The van der Waals surface area contributed by atoms with Gasteiger partial charge in [-0.05, 0) is 31.0 Å². The van der Waals surface area contributed by atoms with Gasteiger partial charge in [-0.2, -0.15) is 18.3 Å². The van der Waals surface area contributed by atoms with Gasteiger partial charge in [0.25, 0.3) is 5.56 Å². The number of hydrogen-bond donors (Lipinski definition) is 1. The highest BCUT2D eigenvalue weighted by atomic mass is 19.4. The molecule has 1 aromatic heterocycles. The van der Waals surface area contributed by atoms with Crippen LogP contribution in [0.5, 0.6) is 0 Å². The van der Waals surface area contributed by atoms with Crippen molar-refractivity contribution in [1.29, 1.82) is 0 Å². The molecule has 0 radical (unpaired) electrons. The van der Waals surface area contributed by atoms with E-state index in [2.05, 4.69) is 10.2 Å². The number of nitrogens with one attached hydrogen (secondary N) is 1. The van der Waals surface area contributed by atoms with Crippen LogP contribution in [0.1, 0.15) is 31.2 Å². The first-order valence-corrected chi connectivity index (χ1v) is 7.97. The quantitative estimate of drug-likeness (QED) is 0.906. The van der Waals surface area contributed by atoms with Gasteiger partial charge in [-0.1, -0.05) is 18.9 Å². The lowest BCUT2D eigenvalue weighted by Crippen LogP contribution is -2.26. The Morgan fingerprint density at radius 3 is 2.29 bits per heavy atom.